The van der Waals surface area contributed by atoms with Gasteiger partial charge in [-0.2, -0.15) is 13.2 Å². The average molecular weight is 324 g/mol. The Morgan fingerprint density at radius 1 is 1.29 bits per heavy atom. The second kappa shape index (κ2) is 6.66. The number of benzene rings is 1. The minimum atomic E-state index is -4.62. The van der Waals surface area contributed by atoms with Crippen molar-refractivity contribution in [1.29, 1.82) is 0 Å². The number of hydrogen-bond donors (Lipinski definition) is 3. The highest BCUT2D eigenvalue weighted by Crippen LogP contribution is 2.38. The number of imide groups is 1. The van der Waals surface area contributed by atoms with Crippen molar-refractivity contribution in [3.8, 4) is 0 Å². The van der Waals surface area contributed by atoms with Gasteiger partial charge >= 0.3 is 12.2 Å². The molecule has 0 heterocycles. The molecule has 0 aliphatic rings. The molecule has 0 fully saturated rings. The van der Waals surface area contributed by atoms with Gasteiger partial charge in [-0.25, -0.2) is 4.79 Å². The zero-order valence-corrected chi connectivity index (χ0v) is 11.9. The molecule has 0 bridgehead atoms. The van der Waals surface area contributed by atoms with Gasteiger partial charge < -0.3 is 10.6 Å². The summed E-state index contributed by atoms with van der Waals surface area (Å²) in [7, 11) is 1.30. The van der Waals surface area contributed by atoms with E-state index in [1.807, 2.05) is 5.32 Å². The summed E-state index contributed by atoms with van der Waals surface area (Å²) in [5.41, 5.74) is -1.40. The summed E-state index contributed by atoms with van der Waals surface area (Å²) < 4.78 is 38.6. The van der Waals surface area contributed by atoms with Gasteiger partial charge in [0.15, 0.2) is 0 Å². The summed E-state index contributed by atoms with van der Waals surface area (Å²) in [6, 6.07) is 1.42. The van der Waals surface area contributed by atoms with Gasteiger partial charge in [-0.3, -0.25) is 10.1 Å². The van der Waals surface area contributed by atoms with Gasteiger partial charge in [0.05, 0.1) is 16.3 Å². The lowest BCUT2D eigenvalue weighted by molar-refractivity contribution is -0.137. The maximum Gasteiger partial charge on any atom is 0.418 e. The number of anilines is 1. The topological polar surface area (TPSA) is 70.2 Å². The molecule has 0 aliphatic heterocycles. The molecule has 3 amide bonds. The molecule has 1 atom stereocenters. The molecule has 0 spiro atoms. The molecule has 9 heteroatoms. The Morgan fingerprint density at radius 2 is 1.90 bits per heavy atom. The number of halogens is 4. The van der Waals surface area contributed by atoms with Gasteiger partial charge in [-0.15, -0.1) is 0 Å². The SMILES string of the molecule is CNC(=O)NC(=O)C(C)Nc1c(Cl)cccc1C(F)(F)F. The van der Waals surface area contributed by atoms with E-state index in [-0.39, 0.29) is 5.02 Å². The second-order valence-electron chi connectivity index (χ2n) is 4.09. The van der Waals surface area contributed by atoms with Crippen molar-refractivity contribution in [2.75, 3.05) is 12.4 Å². The molecule has 0 aliphatic carbocycles. The van der Waals surface area contributed by atoms with Gasteiger partial charge in [0, 0.05) is 7.05 Å². The van der Waals surface area contributed by atoms with Crippen LogP contribution in [0.15, 0.2) is 18.2 Å². The number of alkyl halides is 3. The van der Waals surface area contributed by atoms with Crippen LogP contribution >= 0.6 is 11.6 Å². The summed E-state index contributed by atoms with van der Waals surface area (Å²) in [4.78, 5) is 22.6. The summed E-state index contributed by atoms with van der Waals surface area (Å²) in [6.45, 7) is 1.31. The molecule has 0 saturated heterocycles. The number of rotatable bonds is 3. The van der Waals surface area contributed by atoms with Crippen LogP contribution in [0, 0.1) is 0 Å². The van der Waals surface area contributed by atoms with Crippen LogP contribution in [0.2, 0.25) is 5.02 Å². The van der Waals surface area contributed by atoms with Crippen molar-refractivity contribution in [1.82, 2.24) is 10.6 Å². The maximum absolute atomic E-state index is 12.9. The smallest absolute Gasteiger partial charge is 0.372 e. The van der Waals surface area contributed by atoms with E-state index >= 15 is 0 Å². The summed E-state index contributed by atoms with van der Waals surface area (Å²) >= 11 is 5.74. The van der Waals surface area contributed by atoms with Crippen LogP contribution in [-0.2, 0) is 11.0 Å². The van der Waals surface area contributed by atoms with Gasteiger partial charge in [0.1, 0.15) is 6.04 Å². The summed E-state index contributed by atoms with van der Waals surface area (Å²) in [5, 5.41) is 6.30. The van der Waals surface area contributed by atoms with Crippen molar-refractivity contribution in [3.63, 3.8) is 0 Å². The first-order valence-corrected chi connectivity index (χ1v) is 6.19. The second-order valence-corrected chi connectivity index (χ2v) is 4.50. The summed E-state index contributed by atoms with van der Waals surface area (Å²) in [5.74, 6) is -0.789. The Morgan fingerprint density at radius 3 is 2.43 bits per heavy atom. The van der Waals surface area contributed by atoms with Crippen molar-refractivity contribution >= 4 is 29.2 Å². The predicted molar refractivity (Wildman–Crippen MR) is 72.1 cm³/mol. The number of para-hydroxylation sites is 1. The van der Waals surface area contributed by atoms with Crippen LogP contribution in [0.1, 0.15) is 12.5 Å². The van der Waals surface area contributed by atoms with E-state index in [1.54, 1.807) is 0 Å². The number of urea groups is 1. The Balaban J connectivity index is 2.97. The largest absolute Gasteiger partial charge is 0.418 e. The molecule has 0 saturated carbocycles. The predicted octanol–water partition coefficient (Wildman–Crippen LogP) is 2.61. The minimum Gasteiger partial charge on any atom is -0.372 e. The van der Waals surface area contributed by atoms with E-state index in [2.05, 4.69) is 10.6 Å². The third kappa shape index (κ3) is 4.52. The van der Waals surface area contributed by atoms with Crippen LogP contribution in [0.4, 0.5) is 23.7 Å². The van der Waals surface area contributed by atoms with Crippen molar-refractivity contribution in [3.05, 3.63) is 28.8 Å². The van der Waals surface area contributed by atoms with Crippen molar-refractivity contribution in [2.45, 2.75) is 19.1 Å². The first-order chi connectivity index (χ1) is 9.66. The van der Waals surface area contributed by atoms with E-state index in [4.69, 9.17) is 11.6 Å². The van der Waals surface area contributed by atoms with Gasteiger partial charge in [-0.1, -0.05) is 17.7 Å². The number of nitrogens with one attached hydrogen (secondary N) is 3. The Kier molecular flexibility index (Phi) is 5.42. The van der Waals surface area contributed by atoms with E-state index in [0.717, 1.165) is 12.1 Å². The lowest BCUT2D eigenvalue weighted by Crippen LogP contribution is -2.44. The number of carbonyl (C=O) groups is 2. The Hall–Kier alpha value is -1.96. The fraction of sp³-hybridized carbons (Fsp3) is 0.333. The molecule has 1 aromatic carbocycles. The minimum absolute atomic E-state index is 0.176. The molecule has 1 aromatic rings. The Labute approximate surface area is 123 Å². The lowest BCUT2D eigenvalue weighted by atomic mass is 10.1. The highest BCUT2D eigenvalue weighted by molar-refractivity contribution is 6.33. The molecule has 0 aromatic heterocycles. The normalized spacial score (nSPS) is 12.5. The van der Waals surface area contributed by atoms with Crippen LogP contribution in [0.5, 0.6) is 0 Å². The van der Waals surface area contributed by atoms with Crippen LogP contribution in [0.3, 0.4) is 0 Å². The van der Waals surface area contributed by atoms with Crippen LogP contribution in [0.25, 0.3) is 0 Å². The van der Waals surface area contributed by atoms with Crippen molar-refractivity contribution < 1.29 is 22.8 Å². The molecular weight excluding hydrogens is 311 g/mol. The molecule has 5 nitrogen and oxygen atoms in total. The van der Waals surface area contributed by atoms with Gasteiger partial charge in [-0.05, 0) is 19.1 Å². The standard InChI is InChI=1S/C12H13ClF3N3O2/c1-6(10(20)19-11(21)17-2)18-9-7(12(14,15)16)4-3-5-8(9)13/h3-6,18H,1-2H3,(H2,17,19,20,21). The number of hydrogen-bond acceptors (Lipinski definition) is 3. The molecular formula is C12H13ClF3N3O2. The van der Waals surface area contributed by atoms with Crippen molar-refractivity contribution in [2.24, 2.45) is 0 Å². The maximum atomic E-state index is 12.9. The van der Waals surface area contributed by atoms with E-state index < -0.39 is 35.4 Å². The third-order valence-corrected chi connectivity index (χ3v) is 2.85. The average Bonchev–Trinajstić information content (AvgIpc) is 2.39. The van der Waals surface area contributed by atoms with Gasteiger partial charge in [0.25, 0.3) is 0 Å². The molecule has 0 radical (unpaired) electrons. The molecule has 116 valence electrons. The Bertz CT molecular complexity index is 549. The van der Waals surface area contributed by atoms with Crippen LogP contribution < -0.4 is 16.0 Å². The highest BCUT2D eigenvalue weighted by atomic mass is 35.5. The number of amides is 3. The third-order valence-electron chi connectivity index (χ3n) is 2.54. The fourth-order valence-corrected chi connectivity index (χ4v) is 1.70. The monoisotopic (exact) mass is 323 g/mol. The quantitative estimate of drug-likeness (QED) is 0.801. The number of carbonyl (C=O) groups excluding carboxylic acids is 2. The van der Waals surface area contributed by atoms with Gasteiger partial charge in [0.2, 0.25) is 5.91 Å². The molecule has 1 unspecified atom stereocenters. The van der Waals surface area contributed by atoms with E-state index in [1.165, 1.54) is 20.0 Å². The van der Waals surface area contributed by atoms with E-state index in [0.29, 0.717) is 0 Å². The molecule has 3 N–H and O–H groups in total. The molecule has 1 rings (SSSR count). The first-order valence-electron chi connectivity index (χ1n) is 5.81. The zero-order valence-electron chi connectivity index (χ0n) is 11.1. The summed E-state index contributed by atoms with van der Waals surface area (Å²) in [6.07, 6.45) is -4.62. The lowest BCUT2D eigenvalue weighted by Gasteiger charge is -2.19. The molecule has 21 heavy (non-hydrogen) atoms. The zero-order chi connectivity index (χ0) is 16.2. The highest BCUT2D eigenvalue weighted by Gasteiger charge is 2.35. The van der Waals surface area contributed by atoms with Crippen LogP contribution in [-0.4, -0.2) is 25.0 Å². The fourth-order valence-electron chi connectivity index (χ4n) is 1.47. The first kappa shape index (κ1) is 17.1. The van der Waals surface area contributed by atoms with E-state index in [9.17, 15) is 22.8 Å².